The normalized spacial score (nSPS) is 33.4. The number of ether oxygens (including phenoxy) is 2. The summed E-state index contributed by atoms with van der Waals surface area (Å²) >= 11 is 0. The van der Waals surface area contributed by atoms with Gasteiger partial charge in [-0.15, -0.1) is 0 Å². The molecule has 0 spiro atoms. The van der Waals surface area contributed by atoms with Crippen molar-refractivity contribution in [3.8, 4) is 17.0 Å². The van der Waals surface area contributed by atoms with Crippen LogP contribution in [0.4, 0.5) is 14.6 Å². The lowest BCUT2D eigenvalue weighted by Gasteiger charge is -2.49. The molecule has 4 atom stereocenters. The number of piperidine rings is 1. The van der Waals surface area contributed by atoms with Gasteiger partial charge in [-0.05, 0) is 50.7 Å². The maximum atomic E-state index is 12.7. The van der Waals surface area contributed by atoms with Gasteiger partial charge in [0.15, 0.2) is 11.6 Å². The molecule has 9 heteroatoms. The van der Waals surface area contributed by atoms with Crippen LogP contribution < -0.4 is 10.5 Å². The Morgan fingerprint density at radius 3 is 2.44 bits per heavy atom. The Kier molecular flexibility index (Phi) is 4.69. The summed E-state index contributed by atoms with van der Waals surface area (Å²) in [6, 6.07) is 4.49. The van der Waals surface area contributed by atoms with E-state index in [1.54, 1.807) is 6.20 Å². The zero-order chi connectivity index (χ0) is 22.1. The molecule has 5 heterocycles. The zero-order valence-corrected chi connectivity index (χ0v) is 18.3. The van der Waals surface area contributed by atoms with Crippen LogP contribution in [-0.2, 0) is 4.74 Å². The van der Waals surface area contributed by atoms with E-state index in [0.29, 0.717) is 41.6 Å². The van der Waals surface area contributed by atoms with Gasteiger partial charge in [0.2, 0.25) is 0 Å². The number of anilines is 1. The first-order valence-electron chi connectivity index (χ1n) is 11.6. The first-order valence-corrected chi connectivity index (χ1v) is 11.6. The van der Waals surface area contributed by atoms with Gasteiger partial charge in [-0.25, -0.2) is 4.98 Å². The van der Waals surface area contributed by atoms with E-state index in [9.17, 15) is 8.78 Å². The summed E-state index contributed by atoms with van der Waals surface area (Å²) in [6.07, 6.45) is 6.20. The minimum Gasteiger partial charge on any atom is -0.431 e. The third kappa shape index (κ3) is 3.37. The fourth-order valence-corrected chi connectivity index (χ4v) is 6.23. The van der Waals surface area contributed by atoms with E-state index in [2.05, 4.69) is 39.2 Å². The number of halogens is 2. The van der Waals surface area contributed by atoms with Gasteiger partial charge >= 0.3 is 6.61 Å². The van der Waals surface area contributed by atoms with Gasteiger partial charge in [0, 0.05) is 55.0 Å². The highest BCUT2D eigenvalue weighted by Gasteiger charge is 2.59. The molecular formula is C23H29F2N5O2. The molecule has 0 aromatic carbocycles. The Bertz CT molecular complexity index is 1000. The number of nitrogens with two attached hydrogens (primary N) is 1. The Morgan fingerprint density at radius 1 is 1.12 bits per heavy atom. The molecule has 7 nitrogen and oxygen atoms in total. The van der Waals surface area contributed by atoms with Crippen molar-refractivity contribution >= 4 is 5.82 Å². The second-order valence-electron chi connectivity index (χ2n) is 10.0. The summed E-state index contributed by atoms with van der Waals surface area (Å²) < 4.78 is 37.8. The van der Waals surface area contributed by atoms with Crippen LogP contribution >= 0.6 is 0 Å². The molecule has 4 unspecified atom stereocenters. The van der Waals surface area contributed by atoms with Crippen molar-refractivity contribution in [1.82, 2.24) is 19.7 Å². The molecule has 0 amide bonds. The van der Waals surface area contributed by atoms with Crippen molar-refractivity contribution in [2.24, 2.45) is 11.8 Å². The molecule has 2 bridgehead atoms. The number of nitrogens with zero attached hydrogens (tertiary/aromatic N) is 4. The molecule has 0 radical (unpaired) electrons. The van der Waals surface area contributed by atoms with E-state index in [0.717, 1.165) is 18.8 Å². The number of nitrogen functional groups attached to an aromatic ring is 1. The van der Waals surface area contributed by atoms with Crippen LogP contribution in [-0.4, -0.2) is 57.6 Å². The second kappa shape index (κ2) is 7.38. The summed E-state index contributed by atoms with van der Waals surface area (Å²) in [5.41, 5.74) is 8.28. The van der Waals surface area contributed by atoms with Gasteiger partial charge in [-0.2, -0.15) is 13.9 Å². The van der Waals surface area contributed by atoms with E-state index in [-0.39, 0.29) is 17.6 Å². The van der Waals surface area contributed by atoms with Gasteiger partial charge < -0.3 is 15.2 Å². The Balaban J connectivity index is 1.21. The van der Waals surface area contributed by atoms with Crippen LogP contribution in [0.3, 0.4) is 0 Å². The Hall–Kier alpha value is -2.26. The summed E-state index contributed by atoms with van der Waals surface area (Å²) in [6.45, 7) is 3.47. The zero-order valence-electron chi connectivity index (χ0n) is 18.3. The highest BCUT2D eigenvalue weighted by molar-refractivity contribution is 5.64. The van der Waals surface area contributed by atoms with Crippen LogP contribution in [0, 0.1) is 11.8 Å². The van der Waals surface area contributed by atoms with E-state index in [1.807, 2.05) is 0 Å². The lowest BCUT2D eigenvalue weighted by atomic mass is 9.94. The fraction of sp³-hybridized carbons (Fsp3) is 0.652. The molecule has 2 aromatic rings. The first kappa shape index (κ1) is 20.4. The standard InChI is InChI=1S/C23H29F2N5O2/c1-11(2)30-19(7-18(28-30)12-3-20(32-23(24)25)22(26)27-8-12)21-16-4-13(5-17(16)21)29-9-14-6-15(10-29)31-14/h3,7-8,11,13-17,21,23H,4-6,9-10H2,1-2H3,(H2,26,27). The average Bonchev–Trinajstić information content (AvgIpc) is 3.08. The molecule has 3 saturated heterocycles. The number of aromatic nitrogens is 3. The highest BCUT2D eigenvalue weighted by atomic mass is 19.3. The molecule has 2 aliphatic carbocycles. The number of alkyl halides is 2. The number of fused-ring (bicyclic) bond motifs is 3. The molecule has 3 aliphatic heterocycles. The smallest absolute Gasteiger partial charge is 0.387 e. The SMILES string of the molecule is CC(C)n1nc(-c2cnc(N)c(OC(F)F)c2)cc1C1C2CC(N3CC4CC(C3)O4)CC21. The summed E-state index contributed by atoms with van der Waals surface area (Å²) in [7, 11) is 0. The van der Waals surface area contributed by atoms with E-state index in [1.165, 1.54) is 31.0 Å². The van der Waals surface area contributed by atoms with E-state index < -0.39 is 6.61 Å². The van der Waals surface area contributed by atoms with Gasteiger partial charge in [0.05, 0.1) is 17.9 Å². The monoisotopic (exact) mass is 445 g/mol. The molecule has 32 heavy (non-hydrogen) atoms. The minimum atomic E-state index is -2.95. The first-order chi connectivity index (χ1) is 15.4. The molecule has 5 aliphatic rings. The maximum Gasteiger partial charge on any atom is 0.387 e. The molecule has 2 saturated carbocycles. The second-order valence-corrected chi connectivity index (χ2v) is 10.0. The minimum absolute atomic E-state index is 0.0546. The van der Waals surface area contributed by atoms with Gasteiger partial charge in [0.25, 0.3) is 0 Å². The predicted molar refractivity (Wildman–Crippen MR) is 114 cm³/mol. The topological polar surface area (TPSA) is 78.4 Å². The lowest BCUT2D eigenvalue weighted by molar-refractivity contribution is -0.188. The van der Waals surface area contributed by atoms with Crippen molar-refractivity contribution < 1.29 is 18.3 Å². The van der Waals surface area contributed by atoms with Crippen LogP contribution in [0.2, 0.25) is 0 Å². The highest BCUT2D eigenvalue weighted by Crippen LogP contribution is 2.64. The summed E-state index contributed by atoms with van der Waals surface area (Å²) in [5, 5.41) is 4.81. The Labute approximate surface area is 185 Å². The number of pyridine rings is 1. The number of hydrogen-bond acceptors (Lipinski definition) is 6. The third-order valence-corrected chi connectivity index (χ3v) is 7.71. The third-order valence-electron chi connectivity index (χ3n) is 7.71. The molecule has 2 N–H and O–H groups in total. The molecule has 5 fully saturated rings. The van der Waals surface area contributed by atoms with Crippen LogP contribution in [0.5, 0.6) is 5.75 Å². The van der Waals surface area contributed by atoms with Gasteiger partial charge in [-0.1, -0.05) is 0 Å². The van der Waals surface area contributed by atoms with Crippen LogP contribution in [0.1, 0.15) is 50.8 Å². The Morgan fingerprint density at radius 2 is 1.81 bits per heavy atom. The van der Waals surface area contributed by atoms with Crippen LogP contribution in [0.25, 0.3) is 11.3 Å². The van der Waals surface area contributed by atoms with E-state index in [4.69, 9.17) is 15.6 Å². The number of morpholine rings is 1. The molecule has 2 aromatic heterocycles. The van der Waals surface area contributed by atoms with Crippen molar-refractivity contribution in [3.63, 3.8) is 0 Å². The van der Waals surface area contributed by atoms with Crippen molar-refractivity contribution in [3.05, 3.63) is 24.0 Å². The van der Waals surface area contributed by atoms with Crippen molar-refractivity contribution in [2.45, 2.75) is 69.9 Å². The molecular weight excluding hydrogens is 416 g/mol. The maximum absolute atomic E-state index is 12.7. The lowest BCUT2D eigenvalue weighted by Crippen LogP contribution is -2.59. The quantitative estimate of drug-likeness (QED) is 0.731. The fourth-order valence-electron chi connectivity index (χ4n) is 6.23. The average molecular weight is 446 g/mol. The summed E-state index contributed by atoms with van der Waals surface area (Å²) in [5.74, 6) is 1.74. The van der Waals surface area contributed by atoms with E-state index >= 15 is 0 Å². The largest absolute Gasteiger partial charge is 0.431 e. The van der Waals surface area contributed by atoms with Crippen molar-refractivity contribution in [2.75, 3.05) is 18.8 Å². The number of rotatable bonds is 6. The van der Waals surface area contributed by atoms with Gasteiger partial charge in [0.1, 0.15) is 0 Å². The van der Waals surface area contributed by atoms with Crippen LogP contribution in [0.15, 0.2) is 18.3 Å². The molecule has 172 valence electrons. The van der Waals surface area contributed by atoms with Crippen molar-refractivity contribution in [1.29, 1.82) is 0 Å². The number of hydrogen-bond donors (Lipinski definition) is 1. The predicted octanol–water partition coefficient (Wildman–Crippen LogP) is 3.67. The molecule has 7 rings (SSSR count). The van der Waals surface area contributed by atoms with Gasteiger partial charge in [-0.3, -0.25) is 9.58 Å². The summed E-state index contributed by atoms with van der Waals surface area (Å²) in [4.78, 5) is 6.69.